The van der Waals surface area contributed by atoms with Crippen LogP contribution in [0, 0.1) is 17.0 Å². The van der Waals surface area contributed by atoms with Crippen molar-refractivity contribution in [3.63, 3.8) is 0 Å². The molecule has 1 unspecified atom stereocenters. The maximum atomic E-state index is 11.6. The van der Waals surface area contributed by atoms with Crippen LogP contribution in [0.15, 0.2) is 13.6 Å². The average Bonchev–Trinajstić information content (AvgIpc) is 2.93. The minimum Gasteiger partial charge on any atom is -0.456 e. The van der Waals surface area contributed by atoms with Crippen LogP contribution < -0.4 is 11.6 Å². The number of nitrogens with zero attached hydrogens (tertiary/aromatic N) is 1. The number of rotatable bonds is 12. The lowest BCUT2D eigenvalue weighted by Crippen LogP contribution is -2.37. The second-order valence-corrected chi connectivity index (χ2v) is 4.73. The lowest BCUT2D eigenvalue weighted by Gasteiger charge is -2.11. The number of ether oxygens (including phenoxy) is 4. The highest BCUT2D eigenvalue weighted by molar-refractivity contribution is 5.76. The van der Waals surface area contributed by atoms with E-state index in [0.29, 0.717) is 0 Å². The van der Waals surface area contributed by atoms with E-state index in [4.69, 9.17) is 15.2 Å². The molecule has 14 nitrogen and oxygen atoms in total. The van der Waals surface area contributed by atoms with Crippen molar-refractivity contribution < 1.29 is 47.3 Å². The van der Waals surface area contributed by atoms with Crippen LogP contribution in [0.3, 0.4) is 0 Å². The van der Waals surface area contributed by atoms with Gasteiger partial charge in [-0.2, -0.15) is 0 Å². The summed E-state index contributed by atoms with van der Waals surface area (Å²) in [5.74, 6) is -1.64. The fraction of sp³-hybridized carbons (Fsp3) is 0.615. The maximum absolute atomic E-state index is 11.6. The molecule has 0 radical (unpaired) electrons. The van der Waals surface area contributed by atoms with Gasteiger partial charge in [0.25, 0.3) is 5.09 Å². The zero-order chi connectivity index (χ0) is 20.2. The standard InChI is InChI=1S/C13H18N2O12/c1-8-10(27-13(18)26-8)7-23-11(16)9(14)6-24-12(17)22-4-2-21-3-5-25-15(19)20/h9H,2-7,14H2,1H3. The lowest BCUT2D eigenvalue weighted by atomic mass is 10.3. The second kappa shape index (κ2) is 11.5. The molecule has 1 aromatic rings. The molecule has 0 fully saturated rings. The van der Waals surface area contributed by atoms with Gasteiger partial charge < -0.3 is 38.4 Å². The minimum absolute atomic E-state index is 0.0319. The van der Waals surface area contributed by atoms with E-state index in [0.717, 1.165) is 0 Å². The predicted octanol–water partition coefficient (Wildman–Crippen LogP) is -0.710. The Hall–Kier alpha value is -3.13. The fourth-order valence-corrected chi connectivity index (χ4v) is 1.47. The van der Waals surface area contributed by atoms with Crippen LogP contribution in [0.4, 0.5) is 4.79 Å². The number of hydrogen-bond donors (Lipinski definition) is 1. The summed E-state index contributed by atoms with van der Waals surface area (Å²) in [6.45, 7) is 0.0274. The molecule has 0 bridgehead atoms. The largest absolute Gasteiger partial charge is 0.519 e. The number of hydrogen-bond acceptors (Lipinski definition) is 13. The Kier molecular flexibility index (Phi) is 9.32. The highest BCUT2D eigenvalue weighted by Gasteiger charge is 2.20. The van der Waals surface area contributed by atoms with Gasteiger partial charge in [-0.3, -0.25) is 4.79 Å². The SMILES string of the molecule is Cc1oc(=O)oc1COC(=O)C(N)COC(=O)OCCOCCO[N+](=O)[O-]. The van der Waals surface area contributed by atoms with Crippen molar-refractivity contribution in [2.75, 3.05) is 33.0 Å². The van der Waals surface area contributed by atoms with E-state index in [1.807, 2.05) is 0 Å². The van der Waals surface area contributed by atoms with Crippen LogP contribution in [0.25, 0.3) is 0 Å². The molecule has 27 heavy (non-hydrogen) atoms. The Labute approximate surface area is 151 Å². The van der Waals surface area contributed by atoms with E-state index >= 15 is 0 Å². The van der Waals surface area contributed by atoms with Gasteiger partial charge in [-0.1, -0.05) is 0 Å². The van der Waals surface area contributed by atoms with Gasteiger partial charge in [0.2, 0.25) is 0 Å². The molecular formula is C13H18N2O12. The van der Waals surface area contributed by atoms with Gasteiger partial charge in [-0.05, 0) is 6.92 Å². The minimum atomic E-state index is -1.29. The van der Waals surface area contributed by atoms with Crippen molar-refractivity contribution >= 4 is 12.1 Å². The van der Waals surface area contributed by atoms with Crippen LogP contribution in [0.2, 0.25) is 0 Å². The van der Waals surface area contributed by atoms with Crippen LogP contribution in [0.1, 0.15) is 11.5 Å². The van der Waals surface area contributed by atoms with Crippen LogP contribution in [-0.2, 0) is 35.2 Å². The molecule has 0 saturated heterocycles. The molecule has 0 saturated carbocycles. The van der Waals surface area contributed by atoms with Crippen molar-refractivity contribution in [2.24, 2.45) is 5.73 Å². The third kappa shape index (κ3) is 9.22. The summed E-state index contributed by atoms with van der Waals surface area (Å²) in [7, 11) is 0. The summed E-state index contributed by atoms with van der Waals surface area (Å²) in [5.41, 5.74) is 5.49. The lowest BCUT2D eigenvalue weighted by molar-refractivity contribution is -0.758. The number of carbonyl (C=O) groups is 2. The third-order valence-electron chi connectivity index (χ3n) is 2.74. The highest BCUT2D eigenvalue weighted by Crippen LogP contribution is 2.06. The van der Waals surface area contributed by atoms with Gasteiger partial charge in [-0.25, -0.2) is 9.59 Å². The Bertz CT molecular complexity index is 681. The van der Waals surface area contributed by atoms with Crippen molar-refractivity contribution in [1.29, 1.82) is 0 Å². The second-order valence-electron chi connectivity index (χ2n) is 4.73. The molecule has 0 spiro atoms. The highest BCUT2D eigenvalue weighted by atomic mass is 17.0. The Morgan fingerprint density at radius 2 is 1.85 bits per heavy atom. The molecule has 0 aliphatic rings. The summed E-state index contributed by atoms with van der Waals surface area (Å²) < 4.78 is 28.1. The summed E-state index contributed by atoms with van der Waals surface area (Å²) in [4.78, 5) is 47.6. The summed E-state index contributed by atoms with van der Waals surface area (Å²) >= 11 is 0. The molecule has 0 aliphatic heterocycles. The van der Waals surface area contributed by atoms with Crippen molar-refractivity contribution in [1.82, 2.24) is 0 Å². The summed E-state index contributed by atoms with van der Waals surface area (Å²) in [6.07, 6.45) is -1.10. The number of nitrogens with two attached hydrogens (primary N) is 1. The van der Waals surface area contributed by atoms with E-state index in [2.05, 4.69) is 23.1 Å². The first-order valence-corrected chi connectivity index (χ1v) is 7.45. The molecular weight excluding hydrogens is 376 g/mol. The van der Waals surface area contributed by atoms with Crippen molar-refractivity contribution in [2.45, 2.75) is 19.6 Å². The van der Waals surface area contributed by atoms with Gasteiger partial charge in [0.05, 0.1) is 13.2 Å². The molecule has 14 heteroatoms. The van der Waals surface area contributed by atoms with Gasteiger partial charge in [-0.15, -0.1) is 10.1 Å². The summed E-state index contributed by atoms with van der Waals surface area (Å²) in [5, 5.41) is 8.90. The maximum Gasteiger partial charge on any atom is 0.519 e. The quantitative estimate of drug-likeness (QED) is 0.202. The molecule has 1 heterocycles. The molecule has 1 atom stereocenters. The molecule has 1 aromatic heterocycles. The average molecular weight is 394 g/mol. The number of carbonyl (C=O) groups excluding carboxylic acids is 2. The van der Waals surface area contributed by atoms with E-state index in [1.54, 1.807) is 0 Å². The summed E-state index contributed by atoms with van der Waals surface area (Å²) in [6, 6.07) is -1.29. The first-order chi connectivity index (χ1) is 12.8. The molecule has 0 amide bonds. The molecule has 2 N–H and O–H groups in total. The molecule has 0 aliphatic carbocycles. The predicted molar refractivity (Wildman–Crippen MR) is 80.8 cm³/mol. The zero-order valence-corrected chi connectivity index (χ0v) is 14.2. The first-order valence-electron chi connectivity index (χ1n) is 7.45. The first kappa shape index (κ1) is 21.9. The number of esters is 1. The van der Waals surface area contributed by atoms with E-state index < -0.39 is 35.7 Å². The van der Waals surface area contributed by atoms with Gasteiger partial charge in [0, 0.05) is 0 Å². The molecule has 0 aromatic carbocycles. The van der Waals surface area contributed by atoms with Gasteiger partial charge in [0.15, 0.2) is 18.1 Å². The van der Waals surface area contributed by atoms with E-state index in [9.17, 15) is 24.5 Å². The van der Waals surface area contributed by atoms with Crippen LogP contribution in [-0.4, -0.2) is 56.3 Å². The van der Waals surface area contributed by atoms with Gasteiger partial charge >= 0.3 is 17.9 Å². The van der Waals surface area contributed by atoms with Crippen LogP contribution in [0.5, 0.6) is 0 Å². The van der Waals surface area contributed by atoms with Crippen molar-refractivity contribution in [3.05, 3.63) is 32.3 Å². The smallest absolute Gasteiger partial charge is 0.456 e. The third-order valence-corrected chi connectivity index (χ3v) is 2.74. The monoisotopic (exact) mass is 394 g/mol. The molecule has 1 rings (SSSR count). The van der Waals surface area contributed by atoms with E-state index in [-0.39, 0.29) is 44.6 Å². The topological polar surface area (TPSA) is 193 Å². The zero-order valence-electron chi connectivity index (χ0n) is 14.2. The normalized spacial score (nSPS) is 11.5. The molecule has 152 valence electrons. The van der Waals surface area contributed by atoms with Crippen molar-refractivity contribution in [3.8, 4) is 0 Å². The number of aryl methyl sites for hydroxylation is 1. The van der Waals surface area contributed by atoms with E-state index in [1.165, 1.54) is 6.92 Å². The van der Waals surface area contributed by atoms with Gasteiger partial charge in [0.1, 0.15) is 25.9 Å². The Balaban J connectivity index is 2.12. The Morgan fingerprint density at radius 3 is 2.48 bits per heavy atom. The Morgan fingerprint density at radius 1 is 1.15 bits per heavy atom. The van der Waals surface area contributed by atoms with Crippen LogP contribution >= 0.6 is 0 Å². The fourth-order valence-electron chi connectivity index (χ4n) is 1.47.